The van der Waals surface area contributed by atoms with E-state index in [1.165, 1.54) is 11.4 Å². The lowest BCUT2D eigenvalue weighted by atomic mass is 10.1. The van der Waals surface area contributed by atoms with Crippen LogP contribution in [0.2, 0.25) is 0 Å². The summed E-state index contributed by atoms with van der Waals surface area (Å²) in [4.78, 5) is 33.4. The highest BCUT2D eigenvalue weighted by Crippen LogP contribution is 2.28. The van der Waals surface area contributed by atoms with Gasteiger partial charge in [-0.1, -0.05) is 18.2 Å². The Balaban J connectivity index is 2.08. The Morgan fingerprint density at radius 2 is 1.72 bits per heavy atom. The van der Waals surface area contributed by atoms with Crippen molar-refractivity contribution in [1.29, 1.82) is 0 Å². The summed E-state index contributed by atoms with van der Waals surface area (Å²) >= 11 is 0. The first kappa shape index (κ1) is 21.9. The van der Waals surface area contributed by atoms with E-state index in [9.17, 15) is 32.9 Å². The van der Waals surface area contributed by atoms with Gasteiger partial charge in [0.25, 0.3) is 5.69 Å². The van der Waals surface area contributed by atoms with Gasteiger partial charge in [-0.25, -0.2) is 0 Å². The molecule has 0 saturated carbocycles. The van der Waals surface area contributed by atoms with Gasteiger partial charge >= 0.3 is 12.1 Å². The number of benzene rings is 2. The third kappa shape index (κ3) is 6.03. The zero-order chi connectivity index (χ0) is 21.8. The minimum Gasteiger partial charge on any atom is -0.326 e. The standard InChI is InChI=1S/C19H18F3N3O4/c1-11-3-4-12(2)15(9-11)23-17(26)8-6-13-5-7-14(16(10-13)25(28)29)24-18(27)19(20,21)22/h3-5,7,9-10H,6,8H2,1-2H3,(H,23,26)(H,24,27). The fraction of sp³-hybridized carbons (Fsp3) is 0.263. The molecule has 0 aliphatic heterocycles. The largest absolute Gasteiger partial charge is 0.471 e. The molecule has 0 bridgehead atoms. The molecule has 0 saturated heterocycles. The number of rotatable bonds is 6. The van der Waals surface area contributed by atoms with E-state index in [0.717, 1.165) is 23.3 Å². The van der Waals surface area contributed by atoms with Crippen LogP contribution in [0.3, 0.4) is 0 Å². The molecular weight excluding hydrogens is 391 g/mol. The number of alkyl halides is 3. The van der Waals surface area contributed by atoms with E-state index in [0.29, 0.717) is 11.3 Å². The first-order valence-electron chi connectivity index (χ1n) is 8.50. The number of hydrogen-bond donors (Lipinski definition) is 2. The lowest BCUT2D eigenvalue weighted by molar-refractivity contribution is -0.384. The van der Waals surface area contributed by atoms with Gasteiger partial charge in [0, 0.05) is 18.2 Å². The molecule has 7 nitrogen and oxygen atoms in total. The van der Waals surface area contributed by atoms with Gasteiger partial charge in [-0.3, -0.25) is 19.7 Å². The number of hydrogen-bond acceptors (Lipinski definition) is 4. The van der Waals surface area contributed by atoms with Crippen molar-refractivity contribution in [2.45, 2.75) is 32.9 Å². The topological polar surface area (TPSA) is 101 Å². The maximum absolute atomic E-state index is 12.4. The highest BCUT2D eigenvalue weighted by atomic mass is 19.4. The zero-order valence-electron chi connectivity index (χ0n) is 15.6. The molecule has 2 amide bonds. The van der Waals surface area contributed by atoms with Gasteiger partial charge in [-0.15, -0.1) is 0 Å². The lowest BCUT2D eigenvalue weighted by Crippen LogP contribution is -2.30. The fourth-order valence-electron chi connectivity index (χ4n) is 2.52. The Labute approximate surface area is 164 Å². The summed E-state index contributed by atoms with van der Waals surface area (Å²) in [5, 5.41) is 15.4. The summed E-state index contributed by atoms with van der Waals surface area (Å²) in [6.45, 7) is 3.72. The van der Waals surface area contributed by atoms with Crippen LogP contribution in [-0.4, -0.2) is 22.9 Å². The predicted octanol–water partition coefficient (Wildman–Crippen LogP) is 4.28. The minimum absolute atomic E-state index is 0.0127. The van der Waals surface area contributed by atoms with Crippen molar-refractivity contribution in [2.75, 3.05) is 10.6 Å². The maximum Gasteiger partial charge on any atom is 0.471 e. The SMILES string of the molecule is Cc1ccc(C)c(NC(=O)CCc2ccc(NC(=O)C(F)(F)F)c([N+](=O)[O-])c2)c1. The van der Waals surface area contributed by atoms with Crippen molar-refractivity contribution in [2.24, 2.45) is 0 Å². The van der Waals surface area contributed by atoms with E-state index >= 15 is 0 Å². The van der Waals surface area contributed by atoms with Crippen LogP contribution in [-0.2, 0) is 16.0 Å². The van der Waals surface area contributed by atoms with Gasteiger partial charge in [0.1, 0.15) is 5.69 Å². The van der Waals surface area contributed by atoms with E-state index in [2.05, 4.69) is 5.32 Å². The molecule has 0 spiro atoms. The molecule has 0 unspecified atom stereocenters. The number of halogens is 3. The Bertz CT molecular complexity index is 958. The normalized spacial score (nSPS) is 11.1. The van der Waals surface area contributed by atoms with Gasteiger partial charge in [0.2, 0.25) is 5.91 Å². The van der Waals surface area contributed by atoms with Crippen molar-refractivity contribution in [1.82, 2.24) is 0 Å². The van der Waals surface area contributed by atoms with Gasteiger partial charge in [-0.05, 0) is 49.1 Å². The summed E-state index contributed by atoms with van der Waals surface area (Å²) in [7, 11) is 0. The van der Waals surface area contributed by atoms with Crippen LogP contribution in [0.25, 0.3) is 0 Å². The Morgan fingerprint density at radius 1 is 1.03 bits per heavy atom. The van der Waals surface area contributed by atoms with E-state index in [4.69, 9.17) is 0 Å². The van der Waals surface area contributed by atoms with Crippen LogP contribution in [0.15, 0.2) is 36.4 Å². The third-order valence-corrected chi connectivity index (χ3v) is 4.07. The molecule has 2 aromatic rings. The molecule has 154 valence electrons. The van der Waals surface area contributed by atoms with Crippen LogP contribution < -0.4 is 10.6 Å². The van der Waals surface area contributed by atoms with Gasteiger partial charge in [0.05, 0.1) is 4.92 Å². The zero-order valence-corrected chi connectivity index (χ0v) is 15.6. The number of carbonyl (C=O) groups is 2. The Kier molecular flexibility index (Phi) is 6.57. The molecule has 10 heteroatoms. The number of carbonyl (C=O) groups excluding carboxylic acids is 2. The molecule has 0 radical (unpaired) electrons. The summed E-state index contributed by atoms with van der Waals surface area (Å²) in [6.07, 6.45) is -5.03. The van der Waals surface area contributed by atoms with E-state index in [1.807, 2.05) is 32.0 Å². The Hall–Kier alpha value is -3.43. The average molecular weight is 409 g/mol. The fourth-order valence-corrected chi connectivity index (χ4v) is 2.52. The van der Waals surface area contributed by atoms with Crippen LogP contribution in [0, 0.1) is 24.0 Å². The van der Waals surface area contributed by atoms with Crippen molar-refractivity contribution in [3.63, 3.8) is 0 Å². The van der Waals surface area contributed by atoms with Gasteiger partial charge in [-0.2, -0.15) is 13.2 Å². The van der Waals surface area contributed by atoms with Gasteiger partial charge in [0.15, 0.2) is 0 Å². The number of anilines is 2. The average Bonchev–Trinajstić information content (AvgIpc) is 2.62. The second kappa shape index (κ2) is 8.72. The Morgan fingerprint density at radius 3 is 2.34 bits per heavy atom. The number of nitrogens with zero attached hydrogens (tertiary/aromatic N) is 1. The summed E-state index contributed by atoms with van der Waals surface area (Å²) < 4.78 is 37.1. The molecule has 0 atom stereocenters. The van der Waals surface area contributed by atoms with E-state index < -0.39 is 28.4 Å². The molecule has 0 aliphatic carbocycles. The van der Waals surface area contributed by atoms with Crippen LogP contribution in [0.4, 0.5) is 30.2 Å². The summed E-state index contributed by atoms with van der Waals surface area (Å²) in [5.41, 5.74) is 1.63. The van der Waals surface area contributed by atoms with Crippen molar-refractivity contribution in [3.8, 4) is 0 Å². The number of amides is 2. The molecule has 2 rings (SSSR count). The highest BCUT2D eigenvalue weighted by Gasteiger charge is 2.39. The number of nitro groups is 1. The lowest BCUT2D eigenvalue weighted by Gasteiger charge is -2.11. The predicted molar refractivity (Wildman–Crippen MR) is 101 cm³/mol. The smallest absolute Gasteiger partial charge is 0.326 e. The minimum atomic E-state index is -5.17. The number of nitrogens with one attached hydrogen (secondary N) is 2. The number of aryl methyl sites for hydroxylation is 3. The van der Waals surface area contributed by atoms with E-state index in [1.54, 1.807) is 0 Å². The molecule has 2 N–H and O–H groups in total. The van der Waals surface area contributed by atoms with E-state index in [-0.39, 0.29) is 18.7 Å². The monoisotopic (exact) mass is 409 g/mol. The van der Waals surface area contributed by atoms with Crippen molar-refractivity contribution >= 4 is 28.9 Å². The molecular formula is C19H18F3N3O4. The second-order valence-electron chi connectivity index (χ2n) is 6.43. The summed E-state index contributed by atoms with van der Waals surface area (Å²) in [5.74, 6) is -2.61. The third-order valence-electron chi connectivity index (χ3n) is 4.07. The van der Waals surface area contributed by atoms with Crippen LogP contribution in [0.1, 0.15) is 23.1 Å². The molecule has 0 fully saturated rings. The van der Waals surface area contributed by atoms with Crippen LogP contribution in [0.5, 0.6) is 0 Å². The molecule has 29 heavy (non-hydrogen) atoms. The summed E-state index contributed by atoms with van der Waals surface area (Å²) in [6, 6.07) is 8.96. The molecule has 0 aromatic heterocycles. The van der Waals surface area contributed by atoms with Crippen molar-refractivity contribution < 1.29 is 27.7 Å². The van der Waals surface area contributed by atoms with Gasteiger partial charge < -0.3 is 10.6 Å². The quantitative estimate of drug-likeness (QED) is 0.549. The molecule has 0 aliphatic rings. The second-order valence-corrected chi connectivity index (χ2v) is 6.43. The first-order valence-corrected chi connectivity index (χ1v) is 8.50. The maximum atomic E-state index is 12.4. The molecule has 0 heterocycles. The number of nitro benzene ring substituents is 1. The first-order chi connectivity index (χ1) is 13.5. The highest BCUT2D eigenvalue weighted by molar-refractivity contribution is 5.97. The molecule has 2 aromatic carbocycles. The van der Waals surface area contributed by atoms with Crippen molar-refractivity contribution in [3.05, 3.63) is 63.2 Å². The van der Waals surface area contributed by atoms with Crippen LogP contribution >= 0.6 is 0 Å².